The van der Waals surface area contributed by atoms with Crippen molar-refractivity contribution in [2.24, 2.45) is 5.92 Å². The largest absolute Gasteiger partial charge is 0.479 e. The molecule has 7 heteroatoms. The monoisotopic (exact) mass is 348 g/mol. The molecule has 2 atom stereocenters. The molecule has 0 radical (unpaired) electrons. The first kappa shape index (κ1) is 16.8. The molecule has 0 aliphatic carbocycles. The molecule has 2 aliphatic heterocycles. The highest BCUT2D eigenvalue weighted by atomic mass is 32.2. The Bertz CT molecular complexity index is 643. The summed E-state index contributed by atoms with van der Waals surface area (Å²) in [6, 6.07) is 9.62. The molecular weight excluding hydrogens is 328 g/mol. The number of carbonyl (C=O) groups is 3. The average molecular weight is 348 g/mol. The highest BCUT2D eigenvalue weighted by Gasteiger charge is 2.45. The molecule has 0 spiro atoms. The number of carboxylic acids is 1. The second kappa shape index (κ2) is 6.84. The predicted octanol–water partition coefficient (Wildman–Crippen LogP) is 1.11. The van der Waals surface area contributed by atoms with Gasteiger partial charge in [-0.1, -0.05) is 30.3 Å². The number of amides is 2. The van der Waals surface area contributed by atoms with Crippen molar-refractivity contribution in [2.45, 2.75) is 24.9 Å². The van der Waals surface area contributed by atoms with Crippen molar-refractivity contribution in [3.8, 4) is 0 Å². The molecule has 3 rings (SSSR count). The summed E-state index contributed by atoms with van der Waals surface area (Å²) < 4.78 is 0. The van der Waals surface area contributed by atoms with Crippen molar-refractivity contribution >= 4 is 29.5 Å². The first-order valence-corrected chi connectivity index (χ1v) is 9.10. The minimum Gasteiger partial charge on any atom is -0.479 e. The van der Waals surface area contributed by atoms with E-state index in [0.29, 0.717) is 25.3 Å². The van der Waals surface area contributed by atoms with Gasteiger partial charge in [0, 0.05) is 25.3 Å². The van der Waals surface area contributed by atoms with Gasteiger partial charge in [0.1, 0.15) is 5.54 Å². The van der Waals surface area contributed by atoms with Crippen LogP contribution in [0.1, 0.15) is 18.4 Å². The van der Waals surface area contributed by atoms with Crippen molar-refractivity contribution in [1.29, 1.82) is 0 Å². The van der Waals surface area contributed by atoms with Crippen LogP contribution in [0.5, 0.6) is 0 Å². The molecule has 1 aromatic rings. The summed E-state index contributed by atoms with van der Waals surface area (Å²) in [5.41, 5.74) is -0.168. The predicted molar refractivity (Wildman–Crippen MR) is 90.4 cm³/mol. The molecule has 2 N–H and O–H groups in total. The average Bonchev–Trinajstić information content (AvgIpc) is 3.17. The summed E-state index contributed by atoms with van der Waals surface area (Å²) in [5.74, 6) is -0.777. The molecule has 2 saturated heterocycles. The van der Waals surface area contributed by atoms with Crippen LogP contribution in [0.25, 0.3) is 0 Å². The van der Waals surface area contributed by atoms with E-state index in [1.807, 2.05) is 30.3 Å². The SMILES string of the molecule is O=C(NC1(C(=O)O)CCSC1)C1CC(=O)N(Cc2ccccc2)C1. The van der Waals surface area contributed by atoms with E-state index in [1.165, 1.54) is 11.8 Å². The Hall–Kier alpha value is -2.02. The highest BCUT2D eigenvalue weighted by Crippen LogP contribution is 2.29. The lowest BCUT2D eigenvalue weighted by Gasteiger charge is -2.26. The Labute approximate surface area is 144 Å². The van der Waals surface area contributed by atoms with Gasteiger partial charge in [-0.05, 0) is 17.7 Å². The third-order valence-electron chi connectivity index (χ3n) is 4.60. The summed E-state index contributed by atoms with van der Waals surface area (Å²) in [6.07, 6.45) is 0.564. The van der Waals surface area contributed by atoms with Crippen LogP contribution in [0, 0.1) is 5.92 Å². The van der Waals surface area contributed by atoms with E-state index in [1.54, 1.807) is 4.90 Å². The number of thioether (sulfide) groups is 1. The number of carbonyl (C=O) groups excluding carboxylic acids is 2. The van der Waals surface area contributed by atoms with Crippen molar-refractivity contribution in [1.82, 2.24) is 10.2 Å². The van der Waals surface area contributed by atoms with Crippen LogP contribution in [-0.2, 0) is 20.9 Å². The lowest BCUT2D eigenvalue weighted by atomic mass is 9.97. The number of benzene rings is 1. The fourth-order valence-electron chi connectivity index (χ4n) is 3.13. The standard InChI is InChI=1S/C17H20N2O4S/c20-14-8-13(10-19(14)9-12-4-2-1-3-5-12)15(21)18-17(16(22)23)6-7-24-11-17/h1-5,13H,6-11H2,(H,18,21)(H,22,23). The van der Waals surface area contributed by atoms with E-state index in [9.17, 15) is 19.5 Å². The van der Waals surface area contributed by atoms with E-state index in [-0.39, 0.29) is 18.2 Å². The summed E-state index contributed by atoms with van der Waals surface area (Å²) in [4.78, 5) is 37.9. The first-order chi connectivity index (χ1) is 11.5. The second-order valence-electron chi connectivity index (χ2n) is 6.34. The molecular formula is C17H20N2O4S. The van der Waals surface area contributed by atoms with Gasteiger partial charge in [-0.25, -0.2) is 4.79 Å². The number of hydrogen-bond acceptors (Lipinski definition) is 4. The van der Waals surface area contributed by atoms with Gasteiger partial charge in [-0.15, -0.1) is 0 Å². The topological polar surface area (TPSA) is 86.7 Å². The van der Waals surface area contributed by atoms with Gasteiger partial charge in [-0.3, -0.25) is 9.59 Å². The number of nitrogens with zero attached hydrogens (tertiary/aromatic N) is 1. The van der Waals surface area contributed by atoms with E-state index in [2.05, 4.69) is 5.32 Å². The van der Waals surface area contributed by atoms with E-state index in [0.717, 1.165) is 11.3 Å². The first-order valence-electron chi connectivity index (χ1n) is 7.95. The zero-order valence-corrected chi connectivity index (χ0v) is 14.1. The number of nitrogens with one attached hydrogen (secondary N) is 1. The Morgan fingerprint density at radius 2 is 2.08 bits per heavy atom. The third-order valence-corrected chi connectivity index (χ3v) is 5.78. The lowest BCUT2D eigenvalue weighted by Crippen LogP contribution is -2.56. The fourth-order valence-corrected chi connectivity index (χ4v) is 4.45. The zero-order chi connectivity index (χ0) is 17.2. The van der Waals surface area contributed by atoms with Gasteiger partial charge in [0.15, 0.2) is 0 Å². The molecule has 2 aliphatic rings. The molecule has 2 unspecified atom stereocenters. The second-order valence-corrected chi connectivity index (χ2v) is 7.45. The van der Waals surface area contributed by atoms with Crippen molar-refractivity contribution in [3.63, 3.8) is 0 Å². The van der Waals surface area contributed by atoms with Gasteiger partial charge in [0.05, 0.1) is 5.92 Å². The highest BCUT2D eigenvalue weighted by molar-refractivity contribution is 7.99. The van der Waals surface area contributed by atoms with Crippen LogP contribution in [-0.4, -0.2) is 51.4 Å². The maximum atomic E-state index is 12.5. The molecule has 0 aromatic heterocycles. The van der Waals surface area contributed by atoms with E-state index in [4.69, 9.17) is 0 Å². The van der Waals surface area contributed by atoms with Gasteiger partial charge < -0.3 is 15.3 Å². The number of aliphatic carboxylic acids is 1. The van der Waals surface area contributed by atoms with Crippen LogP contribution in [0.3, 0.4) is 0 Å². The van der Waals surface area contributed by atoms with E-state index >= 15 is 0 Å². The Balaban J connectivity index is 1.62. The quantitative estimate of drug-likeness (QED) is 0.832. The van der Waals surface area contributed by atoms with Crippen LogP contribution in [0.4, 0.5) is 0 Å². The molecule has 2 amide bonds. The van der Waals surface area contributed by atoms with Crippen LogP contribution < -0.4 is 5.32 Å². The number of hydrogen-bond donors (Lipinski definition) is 2. The Morgan fingerprint density at radius 1 is 1.33 bits per heavy atom. The summed E-state index contributed by atoms with van der Waals surface area (Å²) >= 11 is 1.52. The van der Waals surface area contributed by atoms with Crippen LogP contribution in [0.2, 0.25) is 0 Å². The summed E-state index contributed by atoms with van der Waals surface area (Å²) in [5, 5.41) is 12.1. The number of rotatable bonds is 5. The molecule has 24 heavy (non-hydrogen) atoms. The molecule has 1 aromatic carbocycles. The normalized spacial score (nSPS) is 26.6. The molecule has 0 saturated carbocycles. The van der Waals surface area contributed by atoms with Crippen molar-refractivity contribution in [2.75, 3.05) is 18.1 Å². The maximum Gasteiger partial charge on any atom is 0.330 e. The van der Waals surface area contributed by atoms with Gasteiger partial charge >= 0.3 is 5.97 Å². The molecule has 128 valence electrons. The molecule has 2 heterocycles. The lowest BCUT2D eigenvalue weighted by molar-refractivity contribution is -0.147. The molecule has 0 bridgehead atoms. The minimum atomic E-state index is -1.18. The van der Waals surface area contributed by atoms with Gasteiger partial charge in [-0.2, -0.15) is 11.8 Å². The third kappa shape index (κ3) is 3.40. The Morgan fingerprint density at radius 3 is 2.71 bits per heavy atom. The zero-order valence-electron chi connectivity index (χ0n) is 13.2. The van der Waals surface area contributed by atoms with E-state index < -0.39 is 17.4 Å². The van der Waals surface area contributed by atoms with Gasteiger partial charge in [0.2, 0.25) is 11.8 Å². The molecule has 6 nitrogen and oxygen atoms in total. The number of likely N-dealkylation sites (tertiary alicyclic amines) is 1. The maximum absolute atomic E-state index is 12.5. The van der Waals surface area contributed by atoms with Crippen molar-refractivity contribution in [3.05, 3.63) is 35.9 Å². The smallest absolute Gasteiger partial charge is 0.330 e. The van der Waals surface area contributed by atoms with Crippen LogP contribution in [0.15, 0.2) is 30.3 Å². The Kier molecular flexibility index (Phi) is 4.80. The summed E-state index contributed by atoms with van der Waals surface area (Å²) in [6.45, 7) is 0.811. The fraction of sp³-hybridized carbons (Fsp3) is 0.471. The van der Waals surface area contributed by atoms with Crippen LogP contribution >= 0.6 is 11.8 Å². The number of carboxylic acid groups (broad SMARTS) is 1. The molecule has 2 fully saturated rings. The van der Waals surface area contributed by atoms with Crippen molar-refractivity contribution < 1.29 is 19.5 Å². The van der Waals surface area contributed by atoms with Gasteiger partial charge in [0.25, 0.3) is 0 Å². The summed E-state index contributed by atoms with van der Waals surface area (Å²) in [7, 11) is 0. The minimum absolute atomic E-state index is 0.0656.